The summed E-state index contributed by atoms with van der Waals surface area (Å²) in [6, 6.07) is 10.3. The zero-order valence-electron chi connectivity index (χ0n) is 45.6. The van der Waals surface area contributed by atoms with Crippen LogP contribution in [0.3, 0.4) is 0 Å². The molecule has 3 saturated heterocycles. The monoisotopic (exact) mass is 1080 g/mol. The van der Waals surface area contributed by atoms with Crippen molar-refractivity contribution in [2.75, 3.05) is 72.2 Å². The van der Waals surface area contributed by atoms with Gasteiger partial charge in [0.25, 0.3) is 5.91 Å². The number of benzene rings is 2. The summed E-state index contributed by atoms with van der Waals surface area (Å²) in [6.07, 6.45) is 6.00. The average molecular weight is 1080 g/mol. The number of rotatable bonds is 11. The number of aromatic amines is 1. The first-order valence-electron chi connectivity index (χ1n) is 28.0. The second-order valence-corrected chi connectivity index (χ2v) is 23.9. The molecule has 2 saturated carbocycles. The molecule has 4 amide bonds. The number of carbonyl (C=O) groups excluding carboxylic acids is 6. The molecule has 8 aliphatic rings. The molecule has 2 unspecified atom stereocenters. The number of piperidine rings is 1. The Morgan fingerprint density at radius 3 is 2.40 bits per heavy atom. The molecule has 6 N–H and O–H groups in total. The number of aliphatic hydroxyl groups is 3. The topological polar surface area (TPSA) is 253 Å². The van der Waals surface area contributed by atoms with Crippen LogP contribution in [0, 0.1) is 29.1 Å². The van der Waals surface area contributed by atoms with Crippen molar-refractivity contribution in [1.82, 2.24) is 30.5 Å². The largest absolute Gasteiger partial charge is 0.496 e. The maximum absolute atomic E-state index is 15.5. The third-order valence-electron chi connectivity index (χ3n) is 20.0. The molecule has 5 fully saturated rings. The second kappa shape index (κ2) is 19.9. The quantitative estimate of drug-likeness (QED) is 0.0527. The summed E-state index contributed by atoms with van der Waals surface area (Å²) in [4.78, 5) is 93.2. The fourth-order valence-electron chi connectivity index (χ4n) is 16.4. The lowest BCUT2D eigenvalue weighted by molar-refractivity contribution is -0.204. The van der Waals surface area contributed by atoms with Gasteiger partial charge >= 0.3 is 18.0 Å². The van der Waals surface area contributed by atoms with E-state index in [0.29, 0.717) is 120 Å². The number of nitrogens with one attached hydrogen (secondary N) is 3. The number of methoxy groups -OCH3 is 2. The predicted molar refractivity (Wildman–Crippen MR) is 284 cm³/mol. The number of esters is 2. The van der Waals surface area contributed by atoms with Crippen LogP contribution in [0.2, 0.25) is 0 Å². The van der Waals surface area contributed by atoms with Crippen LogP contribution in [0.1, 0.15) is 107 Å². The molecule has 2 aliphatic carbocycles. The van der Waals surface area contributed by atoms with Crippen molar-refractivity contribution in [3.8, 4) is 5.75 Å². The van der Waals surface area contributed by atoms with E-state index in [2.05, 4.69) is 31.7 Å². The highest BCUT2D eigenvalue weighted by Crippen LogP contribution is 2.67. The maximum Gasteiger partial charge on any atom is 0.428 e. The molecule has 20 nitrogen and oxygen atoms in total. The first-order chi connectivity index (χ1) is 37.3. The van der Waals surface area contributed by atoms with Gasteiger partial charge in [-0.3, -0.25) is 44.1 Å². The van der Waals surface area contributed by atoms with Gasteiger partial charge in [-0.15, -0.1) is 0 Å². The lowest BCUT2D eigenvalue weighted by Gasteiger charge is -2.63. The van der Waals surface area contributed by atoms with Crippen LogP contribution in [0.25, 0.3) is 10.9 Å². The molecule has 420 valence electrons. The highest BCUT2D eigenvalue weighted by atomic mass is 16.7. The number of para-hydroxylation sites is 1. The van der Waals surface area contributed by atoms with Gasteiger partial charge in [-0.25, -0.2) is 10.2 Å². The van der Waals surface area contributed by atoms with Crippen molar-refractivity contribution in [3.63, 3.8) is 0 Å². The molecule has 1 spiro atoms. The van der Waals surface area contributed by atoms with Gasteiger partial charge < -0.3 is 44.2 Å². The van der Waals surface area contributed by atoms with Crippen LogP contribution in [-0.4, -0.2) is 167 Å². The molecule has 11 atom stereocenters. The Bertz CT molecular complexity index is 2960. The van der Waals surface area contributed by atoms with Crippen molar-refractivity contribution in [1.29, 1.82) is 0 Å². The van der Waals surface area contributed by atoms with E-state index in [-0.39, 0.29) is 42.4 Å². The van der Waals surface area contributed by atoms with Crippen LogP contribution in [0.5, 0.6) is 5.75 Å². The van der Waals surface area contributed by atoms with Gasteiger partial charge in [0.2, 0.25) is 18.6 Å². The molecule has 20 heteroatoms. The van der Waals surface area contributed by atoms with Crippen LogP contribution >= 0.6 is 0 Å². The molecular weight excluding hydrogens is 1000 g/mol. The van der Waals surface area contributed by atoms with E-state index in [0.717, 1.165) is 22.0 Å². The summed E-state index contributed by atoms with van der Waals surface area (Å²) in [7, 11) is 4.72. The molecule has 7 heterocycles. The predicted octanol–water partition coefficient (Wildman–Crippen LogP) is 3.71. The number of ether oxygens (including phenoxy) is 4. The third-order valence-corrected chi connectivity index (χ3v) is 20.0. The van der Waals surface area contributed by atoms with Crippen molar-refractivity contribution in [3.05, 3.63) is 70.9 Å². The zero-order valence-corrected chi connectivity index (χ0v) is 45.6. The molecule has 2 aromatic carbocycles. The standard InChI is InChI=1S/C58H75N7O13/c1-7-54(73)27-35-28-57(52(71)76-6,45-38(18-22-63(29-35)31-54)37-12-9-10-13-41(37)59-45)40-25-39-42(26-43(40)75-5)62(4)49-56(39)20-23-64-21-11-19-55(8-2,48(56)64)50(69)58(49,74)51(70)60-61-53(72)78-32-77-47(68)36-16-14-34(15-17-36)30-65-44(66)24-33(3)46(65)67/h9-13,19,25-26,33-36,48-50,59,69,73-74H,7-8,14-18,20-24,27-32H2,1-6H3,(H,60,70)(H,61,72)/t33?,34?,35-,36?,48-,49+,50+,54-,55+,56+,57-,58-/m0/s1. The van der Waals surface area contributed by atoms with Crippen molar-refractivity contribution in [2.24, 2.45) is 29.1 Å². The molecule has 11 rings (SSSR count). The Kier molecular flexibility index (Phi) is 13.8. The van der Waals surface area contributed by atoms with Gasteiger partial charge in [-0.05, 0) is 106 Å². The van der Waals surface area contributed by atoms with E-state index in [4.69, 9.17) is 18.9 Å². The van der Waals surface area contributed by atoms with E-state index < -0.39 is 82.3 Å². The maximum atomic E-state index is 15.5. The van der Waals surface area contributed by atoms with Crippen LogP contribution in [-0.2, 0) is 55.4 Å². The lowest BCUT2D eigenvalue weighted by atomic mass is 9.47. The number of aliphatic hydroxyl groups excluding tert-OH is 1. The molecule has 78 heavy (non-hydrogen) atoms. The number of aromatic nitrogens is 1. The SMILES string of the molecule is CC[C@]1(O)C[C@@H]2CN(CCc3c([nH]c4ccccc34)[C@@](C(=O)OC)(c3cc4c(cc3OC)N(C)[C@H]3[C@@](O)(C(=O)NNC(=O)OCOC(=O)C5CCC(CN6C(=O)CC(C)C6=O)CC5)[C@H](O)[C@]5(CC)C=CCN6CC[C@]43[C@@H]65)C2)C1. The van der Waals surface area contributed by atoms with Gasteiger partial charge in [0, 0.05) is 103 Å². The first-order valence-corrected chi connectivity index (χ1v) is 28.0. The molecule has 0 radical (unpaired) electrons. The normalized spacial score (nSPS) is 35.9. The number of imide groups is 1. The fraction of sp³-hybridized carbons (Fsp3) is 0.621. The number of hydrazine groups is 1. The Balaban J connectivity index is 0.908. The highest BCUT2D eigenvalue weighted by molar-refractivity contribution is 6.03. The Morgan fingerprint density at radius 2 is 1.69 bits per heavy atom. The lowest BCUT2D eigenvalue weighted by Crippen LogP contribution is -2.82. The number of carbonyl (C=O) groups is 6. The number of likely N-dealkylation sites (tertiary alicyclic amines) is 1. The minimum Gasteiger partial charge on any atom is -0.496 e. The Hall–Kier alpha value is -6.06. The third kappa shape index (κ3) is 8.07. The molecule has 2 bridgehead atoms. The number of fused-ring (bicyclic) bond motifs is 6. The number of nitrogens with zero attached hydrogens (tertiary/aromatic N) is 4. The summed E-state index contributed by atoms with van der Waals surface area (Å²) >= 11 is 0. The zero-order chi connectivity index (χ0) is 55.3. The van der Waals surface area contributed by atoms with Crippen LogP contribution in [0.15, 0.2) is 48.6 Å². The van der Waals surface area contributed by atoms with Crippen LogP contribution in [0.4, 0.5) is 10.5 Å². The summed E-state index contributed by atoms with van der Waals surface area (Å²) in [6.45, 7) is 8.17. The average Bonchev–Trinajstić information content (AvgIpc) is 4.32. The summed E-state index contributed by atoms with van der Waals surface area (Å²) < 4.78 is 22.9. The number of hydrogen-bond donors (Lipinski definition) is 6. The van der Waals surface area contributed by atoms with E-state index in [9.17, 15) is 34.5 Å². The van der Waals surface area contributed by atoms with Gasteiger partial charge in [0.1, 0.15) is 17.3 Å². The van der Waals surface area contributed by atoms with E-state index in [1.165, 1.54) is 12.0 Å². The minimum atomic E-state index is -2.61. The minimum absolute atomic E-state index is 0.0704. The van der Waals surface area contributed by atoms with E-state index in [1.807, 2.05) is 61.2 Å². The molecule has 1 aromatic heterocycles. The number of H-pyrrole nitrogens is 1. The van der Waals surface area contributed by atoms with Crippen molar-refractivity contribution >= 4 is 52.3 Å². The Morgan fingerprint density at radius 1 is 0.923 bits per heavy atom. The first kappa shape index (κ1) is 53.9. The fourth-order valence-corrected chi connectivity index (χ4v) is 16.4. The van der Waals surface area contributed by atoms with E-state index >= 15 is 9.59 Å². The van der Waals surface area contributed by atoms with E-state index in [1.54, 1.807) is 21.1 Å². The highest BCUT2D eigenvalue weighted by Gasteiger charge is 2.79. The van der Waals surface area contributed by atoms with Gasteiger partial charge in [0.15, 0.2) is 5.60 Å². The second-order valence-electron chi connectivity index (χ2n) is 23.9. The molecule has 6 aliphatic heterocycles. The smallest absolute Gasteiger partial charge is 0.428 e. The number of hydrogen-bond acceptors (Lipinski definition) is 16. The summed E-state index contributed by atoms with van der Waals surface area (Å²) in [5, 5.41) is 39.5. The van der Waals surface area contributed by atoms with Gasteiger partial charge in [-0.1, -0.05) is 51.1 Å². The summed E-state index contributed by atoms with van der Waals surface area (Å²) in [5.74, 6) is -3.02. The number of likely N-dealkylation sites (N-methyl/N-ethyl adjacent to an activating group) is 1. The van der Waals surface area contributed by atoms with Crippen molar-refractivity contribution in [2.45, 2.75) is 132 Å². The molecule has 3 aromatic rings. The van der Waals surface area contributed by atoms with Crippen molar-refractivity contribution < 1.29 is 63.0 Å². The van der Waals surface area contributed by atoms with Gasteiger partial charge in [0.05, 0.1) is 31.8 Å². The molecular formula is C58H75N7O13. The van der Waals surface area contributed by atoms with Gasteiger partial charge in [-0.2, -0.15) is 0 Å². The number of anilines is 1. The van der Waals surface area contributed by atoms with Crippen LogP contribution < -0.4 is 20.5 Å². The number of amides is 4. The Labute approximate surface area is 454 Å². The summed E-state index contributed by atoms with van der Waals surface area (Å²) in [5.41, 5.74) is 1.61.